The fourth-order valence-electron chi connectivity index (χ4n) is 1.45. The van der Waals surface area contributed by atoms with E-state index in [1.165, 1.54) is 0 Å². The lowest BCUT2D eigenvalue weighted by atomic mass is 10.3. The van der Waals surface area contributed by atoms with Crippen molar-refractivity contribution in [2.24, 2.45) is 5.73 Å². The van der Waals surface area contributed by atoms with Crippen LogP contribution in [-0.2, 0) is 6.54 Å². The summed E-state index contributed by atoms with van der Waals surface area (Å²) in [6.07, 6.45) is 3.66. The van der Waals surface area contributed by atoms with E-state index in [-0.39, 0.29) is 0 Å². The zero-order valence-corrected chi connectivity index (χ0v) is 10.8. The summed E-state index contributed by atoms with van der Waals surface area (Å²) in [4.78, 5) is 4.27. The number of pyridine rings is 1. The van der Waals surface area contributed by atoms with E-state index in [0.29, 0.717) is 12.4 Å². The summed E-state index contributed by atoms with van der Waals surface area (Å²) in [6.45, 7) is 1.45. The van der Waals surface area contributed by atoms with Gasteiger partial charge in [-0.15, -0.1) is 5.10 Å². The lowest BCUT2D eigenvalue weighted by Crippen LogP contribution is -2.06. The first-order valence-corrected chi connectivity index (χ1v) is 6.18. The number of hydrogen-bond donors (Lipinski definition) is 1. The van der Waals surface area contributed by atoms with Crippen LogP contribution < -0.4 is 5.73 Å². The van der Waals surface area contributed by atoms with Crippen LogP contribution in [0.4, 0.5) is 0 Å². The Labute approximate surface area is 107 Å². The summed E-state index contributed by atoms with van der Waals surface area (Å²) in [7, 11) is 0. The average Bonchev–Trinajstić information content (AvgIpc) is 2.79. The molecule has 0 fully saturated rings. The quantitative estimate of drug-likeness (QED) is 0.839. The molecule has 2 aromatic heterocycles. The number of unbranched alkanes of at least 4 members (excludes halogenated alkanes) is 1. The van der Waals surface area contributed by atoms with Gasteiger partial charge in [-0.25, -0.2) is 4.68 Å². The normalized spacial score (nSPS) is 10.7. The molecule has 0 amide bonds. The molecule has 0 unspecified atom stereocenters. The van der Waals surface area contributed by atoms with Gasteiger partial charge in [0.1, 0.15) is 5.69 Å². The first kappa shape index (κ1) is 12.1. The summed E-state index contributed by atoms with van der Waals surface area (Å²) in [5.74, 6) is 0.689. The van der Waals surface area contributed by atoms with Gasteiger partial charge >= 0.3 is 0 Å². The van der Waals surface area contributed by atoms with E-state index < -0.39 is 0 Å². The maximum Gasteiger partial charge on any atom is 0.200 e. The van der Waals surface area contributed by atoms with Crippen molar-refractivity contribution >= 4 is 15.9 Å². The van der Waals surface area contributed by atoms with Crippen LogP contribution in [0.3, 0.4) is 0 Å². The van der Waals surface area contributed by atoms with Crippen LogP contribution >= 0.6 is 15.9 Å². The molecule has 0 atom stereocenters. The zero-order valence-electron chi connectivity index (χ0n) is 9.25. The summed E-state index contributed by atoms with van der Waals surface area (Å²) < 4.78 is 2.69. The second kappa shape index (κ2) is 5.83. The third kappa shape index (κ3) is 3.07. The molecule has 0 aliphatic carbocycles. The maximum absolute atomic E-state index is 5.46. The number of aryl methyl sites for hydroxylation is 1. The molecule has 0 aliphatic heterocycles. The Bertz CT molecular complexity index is 466. The first-order valence-electron chi connectivity index (χ1n) is 5.39. The van der Waals surface area contributed by atoms with Gasteiger partial charge in [0.05, 0.1) is 0 Å². The van der Waals surface area contributed by atoms with Crippen LogP contribution in [0.5, 0.6) is 0 Å². The standard InChI is InChI=1S/C10H13BrN6/c11-8-3-4-9(13-7-8)10-14-15-16-17(10)6-2-1-5-12/h3-4,7H,1-2,5-6,12H2. The van der Waals surface area contributed by atoms with E-state index in [1.54, 1.807) is 10.9 Å². The van der Waals surface area contributed by atoms with Crippen LogP contribution in [0.2, 0.25) is 0 Å². The van der Waals surface area contributed by atoms with Crippen LogP contribution in [0.1, 0.15) is 12.8 Å². The Morgan fingerprint density at radius 1 is 1.29 bits per heavy atom. The fourth-order valence-corrected chi connectivity index (χ4v) is 1.69. The van der Waals surface area contributed by atoms with Crippen LogP contribution in [0, 0.1) is 0 Å². The van der Waals surface area contributed by atoms with Gasteiger partial charge in [-0.2, -0.15) is 0 Å². The molecule has 0 radical (unpaired) electrons. The van der Waals surface area contributed by atoms with Gasteiger partial charge in [0.25, 0.3) is 0 Å². The second-order valence-electron chi connectivity index (χ2n) is 3.58. The molecule has 2 aromatic rings. The van der Waals surface area contributed by atoms with Crippen molar-refractivity contribution in [1.82, 2.24) is 25.2 Å². The number of rotatable bonds is 5. The van der Waals surface area contributed by atoms with E-state index in [1.807, 2.05) is 12.1 Å². The third-order valence-corrected chi connectivity index (χ3v) is 2.78. The molecule has 6 nitrogen and oxygen atoms in total. The molecule has 2 N–H and O–H groups in total. The Morgan fingerprint density at radius 3 is 2.88 bits per heavy atom. The first-order chi connectivity index (χ1) is 8.31. The highest BCUT2D eigenvalue weighted by molar-refractivity contribution is 9.10. The number of nitrogens with zero attached hydrogens (tertiary/aromatic N) is 5. The van der Waals surface area contributed by atoms with Crippen molar-refractivity contribution in [3.63, 3.8) is 0 Å². The van der Waals surface area contributed by atoms with Gasteiger partial charge in [0, 0.05) is 17.2 Å². The van der Waals surface area contributed by atoms with Crippen molar-refractivity contribution in [3.8, 4) is 11.5 Å². The average molecular weight is 297 g/mol. The number of hydrogen-bond acceptors (Lipinski definition) is 5. The van der Waals surface area contributed by atoms with Crippen LogP contribution in [0.25, 0.3) is 11.5 Å². The molecule has 0 bridgehead atoms. The molecule has 17 heavy (non-hydrogen) atoms. The number of tetrazole rings is 1. The molecule has 0 saturated heterocycles. The number of nitrogens with two attached hydrogens (primary N) is 1. The topological polar surface area (TPSA) is 82.5 Å². The van der Waals surface area contributed by atoms with Gasteiger partial charge in [-0.3, -0.25) is 4.98 Å². The van der Waals surface area contributed by atoms with E-state index in [9.17, 15) is 0 Å². The molecular formula is C10H13BrN6. The molecule has 0 aliphatic rings. The molecule has 0 aromatic carbocycles. The third-order valence-electron chi connectivity index (χ3n) is 2.31. The van der Waals surface area contributed by atoms with Crippen molar-refractivity contribution in [3.05, 3.63) is 22.8 Å². The van der Waals surface area contributed by atoms with Crippen molar-refractivity contribution in [2.45, 2.75) is 19.4 Å². The summed E-state index contributed by atoms with van der Waals surface area (Å²) in [5, 5.41) is 11.6. The highest BCUT2D eigenvalue weighted by Crippen LogP contribution is 2.15. The van der Waals surface area contributed by atoms with Gasteiger partial charge in [0.15, 0.2) is 0 Å². The molecule has 2 heterocycles. The molecule has 0 spiro atoms. The van der Waals surface area contributed by atoms with Crippen molar-refractivity contribution < 1.29 is 0 Å². The largest absolute Gasteiger partial charge is 0.330 e. The minimum atomic E-state index is 0.688. The molecule has 2 rings (SSSR count). The van der Waals surface area contributed by atoms with Gasteiger partial charge in [-0.05, 0) is 57.9 Å². The lowest BCUT2D eigenvalue weighted by molar-refractivity contribution is 0.548. The molecule has 90 valence electrons. The van der Waals surface area contributed by atoms with E-state index in [4.69, 9.17) is 5.73 Å². The second-order valence-corrected chi connectivity index (χ2v) is 4.50. The van der Waals surface area contributed by atoms with E-state index in [0.717, 1.165) is 29.6 Å². The van der Waals surface area contributed by atoms with E-state index >= 15 is 0 Å². The minimum absolute atomic E-state index is 0.688. The summed E-state index contributed by atoms with van der Waals surface area (Å²) in [5.41, 5.74) is 6.22. The smallest absolute Gasteiger partial charge is 0.200 e. The van der Waals surface area contributed by atoms with Crippen molar-refractivity contribution in [1.29, 1.82) is 0 Å². The van der Waals surface area contributed by atoms with Crippen LogP contribution in [-0.4, -0.2) is 31.7 Å². The van der Waals surface area contributed by atoms with Gasteiger partial charge in [-0.1, -0.05) is 0 Å². The summed E-state index contributed by atoms with van der Waals surface area (Å²) in [6, 6.07) is 3.80. The zero-order chi connectivity index (χ0) is 12.1. The number of halogens is 1. The Morgan fingerprint density at radius 2 is 2.18 bits per heavy atom. The monoisotopic (exact) mass is 296 g/mol. The highest BCUT2D eigenvalue weighted by atomic mass is 79.9. The molecule has 0 saturated carbocycles. The molecular weight excluding hydrogens is 284 g/mol. The Balaban J connectivity index is 2.15. The Kier molecular flexibility index (Phi) is 4.16. The predicted molar refractivity (Wildman–Crippen MR) is 67.0 cm³/mol. The van der Waals surface area contributed by atoms with Crippen molar-refractivity contribution in [2.75, 3.05) is 6.54 Å². The summed E-state index contributed by atoms with van der Waals surface area (Å²) >= 11 is 3.34. The lowest BCUT2D eigenvalue weighted by Gasteiger charge is -2.03. The highest BCUT2D eigenvalue weighted by Gasteiger charge is 2.09. The van der Waals surface area contributed by atoms with Gasteiger partial charge in [0.2, 0.25) is 5.82 Å². The maximum atomic E-state index is 5.46. The SMILES string of the molecule is NCCCCn1nnnc1-c1ccc(Br)cn1. The van der Waals surface area contributed by atoms with Gasteiger partial charge < -0.3 is 5.73 Å². The fraction of sp³-hybridized carbons (Fsp3) is 0.400. The molecule has 7 heteroatoms. The predicted octanol–water partition coefficient (Wildman–Crippen LogP) is 1.24. The minimum Gasteiger partial charge on any atom is -0.330 e. The Hall–Kier alpha value is -1.34. The van der Waals surface area contributed by atoms with E-state index in [2.05, 4.69) is 36.4 Å². The van der Waals surface area contributed by atoms with Crippen LogP contribution in [0.15, 0.2) is 22.8 Å². The number of aromatic nitrogens is 5.